The molecular formula is C46H69N3O2+6. The molecule has 2 aromatic rings. The maximum Gasteiger partial charge on any atom is 0.248 e. The van der Waals surface area contributed by atoms with Gasteiger partial charge in [-0.1, -0.05) is 39.8 Å². The van der Waals surface area contributed by atoms with Gasteiger partial charge in [0.05, 0.1) is 64.5 Å². The second kappa shape index (κ2) is 18.4. The Morgan fingerprint density at radius 3 is 1.49 bits per heavy atom. The maximum absolute atomic E-state index is 7.14. The molecule has 5 nitrogen and oxygen atoms in total. The van der Waals surface area contributed by atoms with E-state index in [1.807, 2.05) is 0 Å². The fourth-order valence-electron chi connectivity index (χ4n) is 8.71. The lowest BCUT2D eigenvalue weighted by molar-refractivity contribution is -0.841. The smallest absolute Gasteiger partial charge is 0.248 e. The van der Waals surface area contributed by atoms with Gasteiger partial charge in [-0.05, 0) is 123 Å². The van der Waals surface area contributed by atoms with Gasteiger partial charge in [0.15, 0.2) is 17.7 Å². The monoisotopic (exact) mass is 696 g/mol. The Morgan fingerprint density at radius 1 is 0.647 bits per heavy atom. The zero-order chi connectivity index (χ0) is 36.5. The van der Waals surface area contributed by atoms with Gasteiger partial charge in [0.1, 0.15) is 6.54 Å². The Morgan fingerprint density at radius 2 is 1.08 bits per heavy atom. The first kappa shape index (κ1) is 38.9. The van der Waals surface area contributed by atoms with Gasteiger partial charge in [-0.15, -0.1) is 0 Å². The van der Waals surface area contributed by atoms with Crippen molar-refractivity contribution in [3.8, 4) is 11.5 Å². The third-order valence-corrected chi connectivity index (χ3v) is 11.7. The summed E-state index contributed by atoms with van der Waals surface area (Å²) in [5, 5.41) is 1.76. The summed E-state index contributed by atoms with van der Waals surface area (Å²) in [4.78, 5) is 14.2. The summed E-state index contributed by atoms with van der Waals surface area (Å²) in [5.74, 6) is 3.41. The number of unbranched alkanes of at least 4 members (excludes halogenated alkanes) is 4. The van der Waals surface area contributed by atoms with Crippen LogP contribution in [0.3, 0.4) is 0 Å². The van der Waals surface area contributed by atoms with Crippen molar-refractivity contribution >= 4 is 12.4 Å². The number of fused-ring (bicyclic) bond motifs is 5. The zero-order valence-electron chi connectivity index (χ0n) is 32.9. The molecule has 5 heteroatoms. The topological polar surface area (TPSA) is 27.7 Å². The third kappa shape index (κ3) is 9.00. The summed E-state index contributed by atoms with van der Waals surface area (Å²) in [5.41, 5.74) is 7.65. The van der Waals surface area contributed by atoms with Crippen molar-refractivity contribution < 1.29 is 18.9 Å². The van der Waals surface area contributed by atoms with E-state index in [0.717, 1.165) is 113 Å². The minimum Gasteiger partial charge on any atom is -0.299 e. The SMILES string of the molecule is [CH2+]CCCC(CCC[CH2+])c1cc2c(c(C(C)C)c1)ON1Oc3c(cc(C(CCC[CH2+])CCC[CH2+])cc3C(C)C)C=[N+]1C1CCCCC1[N+](CC)=C2. The summed E-state index contributed by atoms with van der Waals surface area (Å²) >= 11 is 0. The van der Waals surface area contributed by atoms with Gasteiger partial charge in [0, 0.05) is 24.0 Å². The van der Waals surface area contributed by atoms with Gasteiger partial charge < -0.3 is 0 Å². The van der Waals surface area contributed by atoms with Crippen LogP contribution in [0.5, 0.6) is 11.5 Å². The van der Waals surface area contributed by atoms with Crippen molar-refractivity contribution in [1.29, 1.82) is 0 Å². The first-order valence-electron chi connectivity index (χ1n) is 20.7. The minimum atomic E-state index is 0.223. The Kier molecular flexibility index (Phi) is 14.0. The van der Waals surface area contributed by atoms with Crippen LogP contribution >= 0.6 is 0 Å². The van der Waals surface area contributed by atoms with Crippen LogP contribution in [0.1, 0.15) is 194 Å². The molecule has 0 amide bonds. The quantitative estimate of drug-likeness (QED) is 0.122. The van der Waals surface area contributed by atoms with E-state index in [-0.39, 0.29) is 12.0 Å². The molecule has 2 heterocycles. The van der Waals surface area contributed by atoms with Crippen LogP contribution in [0.4, 0.5) is 0 Å². The molecule has 0 radical (unpaired) electrons. The van der Waals surface area contributed by atoms with Crippen molar-refractivity contribution in [2.45, 2.75) is 173 Å². The van der Waals surface area contributed by atoms with E-state index >= 15 is 0 Å². The number of nitrogens with zero attached hydrogens (tertiary/aromatic N) is 3. The highest BCUT2D eigenvalue weighted by Crippen LogP contribution is 2.42. The Labute approximate surface area is 312 Å². The molecule has 3 aliphatic rings. The molecule has 0 N–H and O–H groups in total. The predicted molar refractivity (Wildman–Crippen MR) is 214 cm³/mol. The zero-order valence-corrected chi connectivity index (χ0v) is 32.9. The molecule has 1 aliphatic carbocycles. The molecule has 5 rings (SSSR count). The second-order valence-corrected chi connectivity index (χ2v) is 16.1. The number of hydrazine groups is 1. The number of benzene rings is 2. The first-order valence-corrected chi connectivity index (χ1v) is 20.7. The lowest BCUT2D eigenvalue weighted by Crippen LogP contribution is -2.55. The second-order valence-electron chi connectivity index (χ2n) is 16.1. The van der Waals surface area contributed by atoms with E-state index in [1.165, 1.54) is 40.7 Å². The lowest BCUT2D eigenvalue weighted by atomic mass is 9.85. The van der Waals surface area contributed by atoms with Gasteiger partial charge >= 0.3 is 0 Å². The summed E-state index contributed by atoms with van der Waals surface area (Å²) in [7, 11) is 0. The van der Waals surface area contributed by atoms with Crippen LogP contribution in [0.25, 0.3) is 0 Å². The standard InChI is InChI=1S/C46H69N3O2/c1-10-15-21-35(22-16-11-2)37-27-39-31-47(14-5)43-25-19-20-26-44(43)48-32-40-28-38(36(23-17-12-3)24-18-13-4)30-42(34(8)9)46(40)51-49(48)50-45(39)41(29-37)33(6)7/h27-36,43-44H,1-4,10-26H2,5-9H3/q+6. The third-order valence-electron chi connectivity index (χ3n) is 11.7. The van der Waals surface area contributed by atoms with E-state index in [2.05, 4.69) is 108 Å². The molecule has 1 fully saturated rings. The highest BCUT2D eigenvalue weighted by molar-refractivity contribution is 5.83. The number of hydrogen-bond donors (Lipinski definition) is 0. The largest absolute Gasteiger partial charge is 0.299 e. The Hall–Kier alpha value is -3.34. The molecule has 2 aliphatic heterocycles. The molecule has 2 atom stereocenters. The molecule has 51 heavy (non-hydrogen) atoms. The van der Waals surface area contributed by atoms with Gasteiger partial charge in [0.25, 0.3) is 0 Å². The number of hydrogen-bond acceptors (Lipinski definition) is 3. The van der Waals surface area contributed by atoms with Crippen molar-refractivity contribution in [1.82, 2.24) is 5.34 Å². The summed E-state index contributed by atoms with van der Waals surface area (Å²) in [6, 6.07) is 10.3. The average Bonchev–Trinajstić information content (AvgIpc) is 3.18. The van der Waals surface area contributed by atoms with E-state index in [4.69, 9.17) is 9.68 Å². The van der Waals surface area contributed by atoms with Crippen LogP contribution in [-0.2, 0) is 0 Å². The maximum atomic E-state index is 7.14. The van der Waals surface area contributed by atoms with Gasteiger partial charge in [-0.25, -0.2) is 4.58 Å². The molecule has 2 unspecified atom stereocenters. The number of likely N-dealkylation sites (N-methyl/N-ethyl adjacent to an activating group) is 1. The van der Waals surface area contributed by atoms with E-state index in [9.17, 15) is 0 Å². The molecule has 0 aromatic heterocycles. The molecule has 0 bridgehead atoms. The van der Waals surface area contributed by atoms with E-state index in [1.54, 1.807) is 5.34 Å². The molecule has 0 spiro atoms. The highest BCUT2D eigenvalue weighted by Gasteiger charge is 2.48. The van der Waals surface area contributed by atoms with Crippen molar-refractivity contribution in [3.63, 3.8) is 0 Å². The predicted octanol–water partition coefficient (Wildman–Crippen LogP) is 11.8. The van der Waals surface area contributed by atoms with Crippen molar-refractivity contribution in [2.75, 3.05) is 6.54 Å². The van der Waals surface area contributed by atoms with Crippen molar-refractivity contribution in [2.24, 2.45) is 0 Å². The van der Waals surface area contributed by atoms with Crippen LogP contribution in [-0.4, -0.2) is 45.7 Å². The van der Waals surface area contributed by atoms with Crippen molar-refractivity contribution in [3.05, 3.63) is 85.3 Å². The van der Waals surface area contributed by atoms with E-state index in [0.29, 0.717) is 23.8 Å². The van der Waals surface area contributed by atoms with Crippen LogP contribution in [0.2, 0.25) is 0 Å². The van der Waals surface area contributed by atoms with Gasteiger partial charge in [-0.2, -0.15) is 0 Å². The average molecular weight is 696 g/mol. The molecule has 0 saturated heterocycles. The van der Waals surface area contributed by atoms with Crippen LogP contribution < -0.4 is 9.68 Å². The summed E-state index contributed by atoms with van der Waals surface area (Å²) < 4.78 is 4.92. The van der Waals surface area contributed by atoms with Gasteiger partial charge in [-0.3, -0.25) is 9.68 Å². The Bertz CT molecular complexity index is 1470. The van der Waals surface area contributed by atoms with Crippen LogP contribution in [0.15, 0.2) is 24.3 Å². The highest BCUT2D eigenvalue weighted by atomic mass is 17.0. The number of hydrazone groups is 1. The number of rotatable bonds is 17. The fraction of sp³-hybridized carbons (Fsp3) is 0.609. The molecule has 274 valence electrons. The summed E-state index contributed by atoms with van der Waals surface area (Å²) in [6.07, 6.45) is 22.5. The fourth-order valence-corrected chi connectivity index (χ4v) is 8.71. The summed E-state index contributed by atoms with van der Waals surface area (Å²) in [6.45, 7) is 29.1. The Balaban J connectivity index is 1.69. The minimum absolute atomic E-state index is 0.223. The van der Waals surface area contributed by atoms with E-state index < -0.39 is 0 Å². The van der Waals surface area contributed by atoms with Gasteiger partial charge in [0.2, 0.25) is 23.6 Å². The van der Waals surface area contributed by atoms with Crippen LogP contribution in [0, 0.1) is 27.7 Å². The normalized spacial score (nSPS) is 18.6. The molecular weight excluding hydrogens is 627 g/mol. The lowest BCUT2D eigenvalue weighted by Gasteiger charge is -2.32. The molecule has 2 aromatic carbocycles. The molecule has 1 saturated carbocycles. The first-order chi connectivity index (χ1) is 24.7.